The number of ether oxygens (including phenoxy) is 1. The smallest absolute Gasteiger partial charge is 0.340 e. The first kappa shape index (κ1) is 15.0. The van der Waals surface area contributed by atoms with Crippen molar-refractivity contribution in [3.63, 3.8) is 0 Å². The molecule has 0 aliphatic carbocycles. The molecular weight excluding hydrogens is 288 g/mol. The Morgan fingerprint density at radius 2 is 1.74 bits per heavy atom. The van der Waals surface area contributed by atoms with Crippen LogP contribution in [0.3, 0.4) is 0 Å². The van der Waals surface area contributed by atoms with Crippen molar-refractivity contribution in [3.05, 3.63) is 66.0 Å². The highest BCUT2D eigenvalue weighted by atomic mass is 16.5. The molecule has 4 nitrogen and oxygen atoms in total. The van der Waals surface area contributed by atoms with Gasteiger partial charge in [-0.3, -0.25) is 4.98 Å². The fourth-order valence-electron chi connectivity index (χ4n) is 3.03. The van der Waals surface area contributed by atoms with Crippen LogP contribution in [-0.2, 0) is 11.8 Å². The third kappa shape index (κ3) is 2.52. The van der Waals surface area contributed by atoms with Gasteiger partial charge in [-0.25, -0.2) is 4.79 Å². The minimum Gasteiger partial charge on any atom is -0.465 e. The van der Waals surface area contributed by atoms with Gasteiger partial charge in [-0.05, 0) is 30.2 Å². The number of hydrogen-bond donors (Lipinski definition) is 0. The van der Waals surface area contributed by atoms with Crippen LogP contribution in [-0.4, -0.2) is 22.6 Å². The van der Waals surface area contributed by atoms with Crippen LogP contribution in [0.5, 0.6) is 0 Å². The van der Waals surface area contributed by atoms with E-state index in [0.717, 1.165) is 28.1 Å². The summed E-state index contributed by atoms with van der Waals surface area (Å²) in [5.74, 6) is -0.327. The highest BCUT2D eigenvalue weighted by Gasteiger charge is 2.25. The number of methoxy groups -OCH3 is 1. The van der Waals surface area contributed by atoms with Crippen LogP contribution in [0.1, 0.15) is 15.9 Å². The first-order valence-electron chi connectivity index (χ1n) is 7.38. The summed E-state index contributed by atoms with van der Waals surface area (Å²) in [5.41, 5.74) is 5.27. The molecule has 0 fully saturated rings. The molecule has 1 aromatic carbocycles. The fraction of sp³-hybridized carbons (Fsp3) is 0.158. The second-order valence-electron chi connectivity index (χ2n) is 5.36. The lowest BCUT2D eigenvalue weighted by atomic mass is 10.0. The molecule has 0 amide bonds. The zero-order valence-electron chi connectivity index (χ0n) is 13.4. The SMILES string of the molecule is COC(=O)c1c(C)c(-c2cccnc2)n(C)c1-c1ccccc1. The number of aromatic nitrogens is 2. The van der Waals surface area contributed by atoms with E-state index in [2.05, 4.69) is 4.98 Å². The summed E-state index contributed by atoms with van der Waals surface area (Å²) >= 11 is 0. The Labute approximate surface area is 135 Å². The van der Waals surface area contributed by atoms with Gasteiger partial charge in [0.2, 0.25) is 0 Å². The van der Waals surface area contributed by atoms with Crippen molar-refractivity contribution >= 4 is 5.97 Å². The van der Waals surface area contributed by atoms with Gasteiger partial charge in [0.1, 0.15) is 0 Å². The number of nitrogens with zero attached hydrogens (tertiary/aromatic N) is 2. The molecule has 116 valence electrons. The van der Waals surface area contributed by atoms with Gasteiger partial charge < -0.3 is 9.30 Å². The zero-order chi connectivity index (χ0) is 16.4. The van der Waals surface area contributed by atoms with E-state index in [1.807, 2.05) is 61.0 Å². The van der Waals surface area contributed by atoms with E-state index < -0.39 is 0 Å². The second kappa shape index (κ2) is 6.08. The Hall–Kier alpha value is -2.88. The zero-order valence-corrected chi connectivity index (χ0v) is 13.4. The van der Waals surface area contributed by atoms with Crippen molar-refractivity contribution in [1.82, 2.24) is 9.55 Å². The number of carbonyl (C=O) groups is 1. The van der Waals surface area contributed by atoms with E-state index in [9.17, 15) is 4.79 Å². The van der Waals surface area contributed by atoms with E-state index in [1.165, 1.54) is 7.11 Å². The molecule has 2 heterocycles. The number of rotatable bonds is 3. The van der Waals surface area contributed by atoms with Crippen molar-refractivity contribution in [2.75, 3.05) is 7.11 Å². The van der Waals surface area contributed by atoms with Gasteiger partial charge in [-0.15, -0.1) is 0 Å². The number of esters is 1. The van der Waals surface area contributed by atoms with E-state index >= 15 is 0 Å². The molecule has 2 aromatic heterocycles. The quantitative estimate of drug-likeness (QED) is 0.690. The van der Waals surface area contributed by atoms with Gasteiger partial charge in [0.05, 0.1) is 24.1 Å². The number of benzene rings is 1. The molecule has 0 spiro atoms. The topological polar surface area (TPSA) is 44.1 Å². The molecule has 3 aromatic rings. The maximum atomic E-state index is 12.4. The lowest BCUT2D eigenvalue weighted by Crippen LogP contribution is -2.04. The second-order valence-corrected chi connectivity index (χ2v) is 5.36. The van der Waals surface area contributed by atoms with E-state index in [-0.39, 0.29) is 5.97 Å². The van der Waals surface area contributed by atoms with Crippen molar-refractivity contribution in [2.45, 2.75) is 6.92 Å². The van der Waals surface area contributed by atoms with E-state index in [1.54, 1.807) is 12.4 Å². The Morgan fingerprint density at radius 3 is 2.35 bits per heavy atom. The molecule has 0 bridgehead atoms. The number of hydrogen-bond acceptors (Lipinski definition) is 3. The van der Waals surface area contributed by atoms with Crippen LogP contribution >= 0.6 is 0 Å². The molecule has 0 aliphatic rings. The van der Waals surface area contributed by atoms with Crippen LogP contribution < -0.4 is 0 Å². The molecule has 0 radical (unpaired) electrons. The standard InChI is InChI=1S/C19H18N2O2/c1-13-16(19(22)23-3)18(14-8-5-4-6-9-14)21(2)17(13)15-10-7-11-20-12-15/h4-12H,1-3H3. The maximum absolute atomic E-state index is 12.4. The summed E-state index contributed by atoms with van der Waals surface area (Å²) in [7, 11) is 3.37. The molecule has 0 saturated carbocycles. The predicted octanol–water partition coefficient (Wildman–Crippen LogP) is 3.85. The number of pyridine rings is 1. The van der Waals surface area contributed by atoms with Gasteiger partial charge in [0, 0.05) is 25.0 Å². The lowest BCUT2D eigenvalue weighted by molar-refractivity contribution is 0.0601. The van der Waals surface area contributed by atoms with Crippen molar-refractivity contribution in [3.8, 4) is 22.5 Å². The molecule has 23 heavy (non-hydrogen) atoms. The molecule has 0 N–H and O–H groups in total. The molecule has 0 atom stereocenters. The van der Waals surface area contributed by atoms with Crippen LogP contribution in [0.25, 0.3) is 22.5 Å². The Balaban J connectivity index is 2.33. The fourth-order valence-corrected chi connectivity index (χ4v) is 3.03. The predicted molar refractivity (Wildman–Crippen MR) is 90.2 cm³/mol. The highest BCUT2D eigenvalue weighted by Crippen LogP contribution is 2.36. The minimum absolute atomic E-state index is 0.327. The highest BCUT2D eigenvalue weighted by molar-refractivity contribution is 6.00. The maximum Gasteiger partial charge on any atom is 0.340 e. The lowest BCUT2D eigenvalue weighted by Gasteiger charge is -2.09. The third-order valence-electron chi connectivity index (χ3n) is 4.01. The van der Waals surface area contributed by atoms with Crippen molar-refractivity contribution in [2.24, 2.45) is 7.05 Å². The molecule has 4 heteroatoms. The molecular formula is C19H18N2O2. The summed E-state index contributed by atoms with van der Waals surface area (Å²) in [4.78, 5) is 16.6. The average molecular weight is 306 g/mol. The van der Waals surface area contributed by atoms with Crippen LogP contribution in [0.2, 0.25) is 0 Å². The van der Waals surface area contributed by atoms with Crippen LogP contribution in [0.15, 0.2) is 54.9 Å². The monoisotopic (exact) mass is 306 g/mol. The summed E-state index contributed by atoms with van der Waals surface area (Å²) in [6.45, 7) is 1.95. The summed E-state index contributed by atoms with van der Waals surface area (Å²) < 4.78 is 7.05. The van der Waals surface area contributed by atoms with Gasteiger partial charge in [0.15, 0.2) is 0 Å². The Bertz CT molecular complexity index is 837. The normalized spacial score (nSPS) is 10.6. The molecule has 0 saturated heterocycles. The van der Waals surface area contributed by atoms with Gasteiger partial charge in [0.25, 0.3) is 0 Å². The van der Waals surface area contributed by atoms with Gasteiger partial charge >= 0.3 is 5.97 Å². The van der Waals surface area contributed by atoms with Crippen molar-refractivity contribution < 1.29 is 9.53 Å². The molecule has 3 rings (SSSR count). The van der Waals surface area contributed by atoms with Crippen LogP contribution in [0.4, 0.5) is 0 Å². The third-order valence-corrected chi connectivity index (χ3v) is 4.01. The van der Waals surface area contributed by atoms with E-state index in [0.29, 0.717) is 5.56 Å². The summed E-state index contributed by atoms with van der Waals surface area (Å²) in [6.07, 6.45) is 3.54. The molecule has 0 aliphatic heterocycles. The number of carbonyl (C=O) groups excluding carboxylic acids is 1. The van der Waals surface area contributed by atoms with Gasteiger partial charge in [-0.2, -0.15) is 0 Å². The van der Waals surface area contributed by atoms with Crippen molar-refractivity contribution in [1.29, 1.82) is 0 Å². The van der Waals surface area contributed by atoms with Gasteiger partial charge in [-0.1, -0.05) is 30.3 Å². The average Bonchev–Trinajstić information content (AvgIpc) is 2.86. The largest absolute Gasteiger partial charge is 0.465 e. The summed E-state index contributed by atoms with van der Waals surface area (Å²) in [5, 5.41) is 0. The first-order chi connectivity index (χ1) is 11.1. The van der Waals surface area contributed by atoms with Crippen LogP contribution in [0, 0.1) is 6.92 Å². The minimum atomic E-state index is -0.327. The van der Waals surface area contributed by atoms with E-state index in [4.69, 9.17) is 4.74 Å². The Morgan fingerprint density at radius 1 is 1.04 bits per heavy atom. The Kier molecular flexibility index (Phi) is 3.98. The summed E-state index contributed by atoms with van der Waals surface area (Å²) in [6, 6.07) is 13.7. The molecule has 0 unspecified atom stereocenters. The first-order valence-corrected chi connectivity index (χ1v) is 7.38.